The lowest BCUT2D eigenvalue weighted by Gasteiger charge is -2.20. The number of anilines is 2. The van der Waals surface area contributed by atoms with Crippen molar-refractivity contribution < 1.29 is 4.39 Å². The van der Waals surface area contributed by atoms with E-state index in [-0.39, 0.29) is 5.82 Å². The maximum atomic E-state index is 13.5. The Morgan fingerprint density at radius 1 is 0.516 bits per heavy atom. The van der Waals surface area contributed by atoms with Gasteiger partial charge in [-0.2, -0.15) is 0 Å². The van der Waals surface area contributed by atoms with Crippen molar-refractivity contribution in [3.8, 4) is 22.3 Å². The number of rotatable bonds is 4. The van der Waals surface area contributed by atoms with E-state index in [1.165, 1.54) is 44.5 Å². The standard InChI is InChI=1S/C24H23B5FN/c25-20-19(21(26)23(28)24(29)22(20)27)14-6-10-18(11-7-14)31-17-8-4-13(5-9-17)15-2-1-3-16(30)12-15/h1-12,31H,25-29H2. The zero-order valence-electron chi connectivity index (χ0n) is 18.8. The third-order valence-electron chi connectivity index (χ3n) is 6.51. The number of benzene rings is 4. The van der Waals surface area contributed by atoms with Gasteiger partial charge in [-0.3, -0.25) is 0 Å². The average molecular weight is 399 g/mol. The van der Waals surface area contributed by atoms with Crippen LogP contribution in [0.25, 0.3) is 22.3 Å². The molecule has 4 aromatic carbocycles. The molecule has 7 heteroatoms. The van der Waals surface area contributed by atoms with Crippen LogP contribution in [0.1, 0.15) is 0 Å². The van der Waals surface area contributed by atoms with Crippen LogP contribution in [0.2, 0.25) is 0 Å². The van der Waals surface area contributed by atoms with E-state index in [0.717, 1.165) is 22.5 Å². The predicted octanol–water partition coefficient (Wildman–Crippen LogP) is -1.80. The van der Waals surface area contributed by atoms with Crippen molar-refractivity contribution >= 4 is 77.9 Å². The molecule has 0 heterocycles. The third-order valence-corrected chi connectivity index (χ3v) is 6.51. The zero-order valence-corrected chi connectivity index (χ0v) is 18.8. The lowest BCUT2D eigenvalue weighted by atomic mass is 9.60. The van der Waals surface area contributed by atoms with Crippen LogP contribution < -0.4 is 32.6 Å². The molecule has 0 aromatic heterocycles. The molecule has 0 radical (unpaired) electrons. The Kier molecular flexibility index (Phi) is 5.87. The zero-order chi connectivity index (χ0) is 22.1. The first-order valence-corrected chi connectivity index (χ1v) is 10.7. The van der Waals surface area contributed by atoms with Gasteiger partial charge in [-0.25, -0.2) is 4.39 Å². The summed E-state index contributed by atoms with van der Waals surface area (Å²) in [5.74, 6) is -0.218. The molecule has 0 aliphatic rings. The summed E-state index contributed by atoms with van der Waals surface area (Å²) in [4.78, 5) is 0. The fourth-order valence-electron chi connectivity index (χ4n) is 4.23. The molecule has 4 rings (SSSR count). The summed E-state index contributed by atoms with van der Waals surface area (Å²) < 4.78 is 13.5. The minimum atomic E-state index is -0.218. The van der Waals surface area contributed by atoms with Gasteiger partial charge in [-0.05, 0) is 58.7 Å². The molecular formula is C24H23B5FN. The van der Waals surface area contributed by atoms with E-state index in [1.54, 1.807) is 12.1 Å². The van der Waals surface area contributed by atoms with Gasteiger partial charge >= 0.3 is 0 Å². The molecular weight excluding hydrogens is 375 g/mol. The lowest BCUT2D eigenvalue weighted by molar-refractivity contribution is 0.628. The maximum Gasteiger partial charge on any atom is 0.139 e. The van der Waals surface area contributed by atoms with Crippen LogP contribution >= 0.6 is 0 Å². The molecule has 0 spiro atoms. The van der Waals surface area contributed by atoms with Gasteiger partial charge < -0.3 is 5.32 Å². The molecule has 0 amide bonds. The Morgan fingerprint density at radius 3 is 1.52 bits per heavy atom. The van der Waals surface area contributed by atoms with Gasteiger partial charge in [0.05, 0.1) is 0 Å². The minimum absolute atomic E-state index is 0.218. The molecule has 1 N–H and O–H groups in total. The second kappa shape index (κ2) is 8.59. The second-order valence-corrected chi connectivity index (χ2v) is 8.29. The van der Waals surface area contributed by atoms with Crippen LogP contribution in [-0.2, 0) is 0 Å². The fraction of sp³-hybridized carbons (Fsp3) is 0. The van der Waals surface area contributed by atoms with Gasteiger partial charge in [0.1, 0.15) is 45.0 Å². The first kappa shape index (κ1) is 21.2. The summed E-state index contributed by atoms with van der Waals surface area (Å²) in [6, 6.07) is 23.4. The quantitative estimate of drug-likeness (QED) is 0.400. The van der Waals surface area contributed by atoms with Crippen LogP contribution in [0.3, 0.4) is 0 Å². The van der Waals surface area contributed by atoms with Crippen molar-refractivity contribution in [3.05, 3.63) is 78.6 Å². The highest BCUT2D eigenvalue weighted by molar-refractivity contribution is 6.68. The SMILES string of the molecule is Bc1c(B)c(B)c(-c2ccc(Nc3ccc(-c4cccc(F)c4)cc3)cc2)c(B)c1B. The second-order valence-electron chi connectivity index (χ2n) is 8.29. The Bertz CT molecular complexity index is 1230. The van der Waals surface area contributed by atoms with Crippen molar-refractivity contribution in [2.45, 2.75) is 0 Å². The summed E-state index contributed by atoms with van der Waals surface area (Å²) in [5, 5.41) is 3.46. The van der Waals surface area contributed by atoms with Crippen LogP contribution in [0, 0.1) is 5.82 Å². The van der Waals surface area contributed by atoms with Crippen molar-refractivity contribution in [3.63, 3.8) is 0 Å². The molecule has 0 bridgehead atoms. The van der Waals surface area contributed by atoms with Crippen molar-refractivity contribution in [2.75, 3.05) is 5.32 Å². The van der Waals surface area contributed by atoms with Gasteiger partial charge in [-0.1, -0.05) is 47.3 Å². The molecule has 31 heavy (non-hydrogen) atoms. The molecule has 146 valence electrons. The molecule has 0 unspecified atom stereocenters. The Balaban J connectivity index is 1.56. The Morgan fingerprint density at radius 2 is 1.00 bits per heavy atom. The molecule has 0 aliphatic carbocycles. The summed E-state index contributed by atoms with van der Waals surface area (Å²) in [7, 11) is 11.1. The molecule has 0 aliphatic heterocycles. The maximum absolute atomic E-state index is 13.5. The van der Waals surface area contributed by atoms with Gasteiger partial charge in [0.15, 0.2) is 0 Å². The van der Waals surface area contributed by atoms with E-state index in [0.29, 0.717) is 0 Å². The number of hydrogen-bond acceptors (Lipinski definition) is 1. The van der Waals surface area contributed by atoms with E-state index in [9.17, 15) is 4.39 Å². The average Bonchev–Trinajstić information content (AvgIpc) is 2.78. The minimum Gasteiger partial charge on any atom is -0.356 e. The van der Waals surface area contributed by atoms with E-state index < -0.39 is 0 Å². The largest absolute Gasteiger partial charge is 0.356 e. The molecule has 0 saturated heterocycles. The number of hydrogen-bond donors (Lipinski definition) is 1. The van der Waals surface area contributed by atoms with Crippen LogP contribution in [-0.4, -0.2) is 39.2 Å². The lowest BCUT2D eigenvalue weighted by Crippen LogP contribution is -2.55. The molecule has 1 nitrogen and oxygen atoms in total. The highest BCUT2D eigenvalue weighted by Crippen LogP contribution is 2.25. The van der Waals surface area contributed by atoms with E-state index in [4.69, 9.17) is 0 Å². The smallest absolute Gasteiger partial charge is 0.139 e. The fourth-order valence-corrected chi connectivity index (χ4v) is 4.23. The van der Waals surface area contributed by atoms with Crippen LogP contribution in [0.4, 0.5) is 15.8 Å². The van der Waals surface area contributed by atoms with Gasteiger partial charge in [0.2, 0.25) is 0 Å². The van der Waals surface area contributed by atoms with Crippen LogP contribution in [0.15, 0.2) is 72.8 Å². The third kappa shape index (κ3) is 4.23. The first-order valence-electron chi connectivity index (χ1n) is 10.7. The van der Waals surface area contributed by atoms with E-state index >= 15 is 0 Å². The highest BCUT2D eigenvalue weighted by Gasteiger charge is 2.12. The normalized spacial score (nSPS) is 10.7. The van der Waals surface area contributed by atoms with E-state index in [1.807, 2.05) is 30.3 Å². The summed E-state index contributed by atoms with van der Waals surface area (Å²) in [5.41, 5.74) is 13.3. The van der Waals surface area contributed by atoms with Crippen molar-refractivity contribution in [1.82, 2.24) is 0 Å². The van der Waals surface area contributed by atoms with Gasteiger partial charge in [0.25, 0.3) is 0 Å². The van der Waals surface area contributed by atoms with E-state index in [2.05, 4.69) is 68.8 Å². The summed E-state index contributed by atoms with van der Waals surface area (Å²) >= 11 is 0. The van der Waals surface area contributed by atoms with Crippen molar-refractivity contribution in [1.29, 1.82) is 0 Å². The number of halogens is 1. The molecule has 0 fully saturated rings. The van der Waals surface area contributed by atoms with Crippen LogP contribution in [0.5, 0.6) is 0 Å². The number of nitrogens with one attached hydrogen (secondary N) is 1. The van der Waals surface area contributed by atoms with Gasteiger partial charge in [0, 0.05) is 11.4 Å². The van der Waals surface area contributed by atoms with Gasteiger partial charge in [-0.15, -0.1) is 16.4 Å². The molecule has 4 aromatic rings. The predicted molar refractivity (Wildman–Crippen MR) is 148 cm³/mol. The first-order chi connectivity index (χ1) is 14.8. The summed E-state index contributed by atoms with van der Waals surface area (Å²) in [6.45, 7) is 0. The molecule has 0 saturated carbocycles. The topological polar surface area (TPSA) is 12.0 Å². The molecule has 0 atom stereocenters. The Hall–Kier alpha value is -3.07. The monoisotopic (exact) mass is 399 g/mol. The summed E-state index contributed by atoms with van der Waals surface area (Å²) in [6.07, 6.45) is 0. The van der Waals surface area contributed by atoms with Crippen molar-refractivity contribution in [2.24, 2.45) is 0 Å². The Labute approximate surface area is 188 Å². The highest BCUT2D eigenvalue weighted by atomic mass is 19.1.